The van der Waals surface area contributed by atoms with Gasteiger partial charge in [-0.3, -0.25) is 0 Å². The highest BCUT2D eigenvalue weighted by Gasteiger charge is 2.31. The molecule has 0 aromatic rings. The van der Waals surface area contributed by atoms with Gasteiger partial charge in [0.05, 0.1) is 0 Å². The monoisotopic (exact) mass is 216 g/mol. The Labute approximate surface area is 76.9 Å². The molecule has 12 heavy (non-hydrogen) atoms. The SMILES string of the molecule is FC(F)(F)SOC1=CCSCC1. The minimum absolute atomic E-state index is 0.437. The third-order valence-electron chi connectivity index (χ3n) is 1.16. The molecule has 0 amide bonds. The Morgan fingerprint density at radius 2 is 2.25 bits per heavy atom. The van der Waals surface area contributed by atoms with E-state index in [1.807, 2.05) is 0 Å². The maximum atomic E-state index is 11.6. The van der Waals surface area contributed by atoms with Gasteiger partial charge in [0.2, 0.25) is 0 Å². The number of hydrogen-bond acceptors (Lipinski definition) is 3. The number of hydrogen-bond donors (Lipinski definition) is 0. The summed E-state index contributed by atoms with van der Waals surface area (Å²) in [5, 5.41) is 0. The van der Waals surface area contributed by atoms with Crippen LogP contribution in [0, 0.1) is 0 Å². The minimum atomic E-state index is -4.30. The summed E-state index contributed by atoms with van der Waals surface area (Å²) in [7, 11) is 0. The van der Waals surface area contributed by atoms with Crippen molar-refractivity contribution in [1.29, 1.82) is 0 Å². The summed E-state index contributed by atoms with van der Waals surface area (Å²) in [6, 6.07) is 0. The van der Waals surface area contributed by atoms with E-state index in [-0.39, 0.29) is 0 Å². The van der Waals surface area contributed by atoms with Crippen molar-refractivity contribution < 1.29 is 17.4 Å². The van der Waals surface area contributed by atoms with Crippen LogP contribution < -0.4 is 0 Å². The Kier molecular flexibility index (Phi) is 3.64. The lowest BCUT2D eigenvalue weighted by Crippen LogP contribution is -2.03. The summed E-state index contributed by atoms with van der Waals surface area (Å²) in [4.78, 5) is 0. The largest absolute Gasteiger partial charge is 0.479 e. The summed E-state index contributed by atoms with van der Waals surface area (Å²) in [5.74, 6) is 2.02. The van der Waals surface area contributed by atoms with Crippen molar-refractivity contribution >= 4 is 23.8 Å². The standard InChI is InChI=1S/C6H7F3OS2/c7-6(8,9)12-10-5-1-3-11-4-2-5/h1H,2-4H2. The number of halogens is 3. The Morgan fingerprint density at radius 3 is 2.75 bits per heavy atom. The highest BCUT2D eigenvalue weighted by atomic mass is 32.2. The summed E-state index contributed by atoms with van der Waals surface area (Å²) in [6.07, 6.45) is 2.28. The number of alkyl halides is 3. The highest BCUT2D eigenvalue weighted by molar-refractivity contribution is 7.99. The first-order chi connectivity index (χ1) is 5.58. The van der Waals surface area contributed by atoms with Gasteiger partial charge in [-0.2, -0.15) is 24.9 Å². The van der Waals surface area contributed by atoms with E-state index >= 15 is 0 Å². The van der Waals surface area contributed by atoms with Crippen molar-refractivity contribution in [3.05, 3.63) is 11.8 Å². The molecule has 0 atom stereocenters. The molecule has 6 heteroatoms. The second-order valence-electron chi connectivity index (χ2n) is 2.11. The van der Waals surface area contributed by atoms with E-state index in [1.54, 1.807) is 17.8 Å². The molecule has 1 aliphatic rings. The zero-order valence-electron chi connectivity index (χ0n) is 6.06. The quantitative estimate of drug-likeness (QED) is 0.656. The lowest BCUT2D eigenvalue weighted by molar-refractivity contribution is -0.0384. The molecule has 0 saturated heterocycles. The van der Waals surface area contributed by atoms with Gasteiger partial charge in [0.1, 0.15) is 5.76 Å². The van der Waals surface area contributed by atoms with Crippen molar-refractivity contribution in [2.75, 3.05) is 11.5 Å². The average Bonchev–Trinajstić information content (AvgIpc) is 2.02. The first-order valence-corrected chi connectivity index (χ1v) is 5.17. The van der Waals surface area contributed by atoms with E-state index in [4.69, 9.17) is 0 Å². The average molecular weight is 216 g/mol. The van der Waals surface area contributed by atoms with E-state index in [9.17, 15) is 13.2 Å². The van der Waals surface area contributed by atoms with Crippen molar-refractivity contribution in [2.45, 2.75) is 11.9 Å². The third kappa shape index (κ3) is 4.15. The van der Waals surface area contributed by atoms with Gasteiger partial charge in [-0.1, -0.05) is 0 Å². The Balaban J connectivity index is 2.26. The second kappa shape index (κ2) is 4.32. The van der Waals surface area contributed by atoms with Crippen LogP contribution in [0.15, 0.2) is 11.8 Å². The summed E-state index contributed by atoms with van der Waals surface area (Å²) >= 11 is 1.25. The Morgan fingerprint density at radius 1 is 1.50 bits per heavy atom. The van der Waals surface area contributed by atoms with Crippen LogP contribution in [-0.2, 0) is 4.18 Å². The predicted molar refractivity (Wildman–Crippen MR) is 44.8 cm³/mol. The van der Waals surface area contributed by atoms with Crippen molar-refractivity contribution in [2.24, 2.45) is 0 Å². The molecule has 0 unspecified atom stereocenters. The van der Waals surface area contributed by atoms with E-state index in [1.165, 1.54) is 0 Å². The van der Waals surface area contributed by atoms with Crippen LogP contribution in [0.25, 0.3) is 0 Å². The maximum Gasteiger partial charge on any atom is 0.479 e. The van der Waals surface area contributed by atoms with E-state index in [0.29, 0.717) is 12.2 Å². The minimum Gasteiger partial charge on any atom is -0.422 e. The smallest absolute Gasteiger partial charge is 0.422 e. The van der Waals surface area contributed by atoms with E-state index in [2.05, 4.69) is 4.18 Å². The molecule has 1 rings (SSSR count). The third-order valence-corrected chi connectivity index (χ3v) is 2.55. The molecule has 1 heterocycles. The maximum absolute atomic E-state index is 11.6. The van der Waals surface area contributed by atoms with Gasteiger partial charge >= 0.3 is 5.51 Å². The molecule has 0 fully saturated rings. The van der Waals surface area contributed by atoms with Gasteiger partial charge in [-0.15, -0.1) is 0 Å². The van der Waals surface area contributed by atoms with E-state index in [0.717, 1.165) is 11.5 Å². The normalized spacial score (nSPS) is 18.8. The van der Waals surface area contributed by atoms with Crippen LogP contribution in [-0.4, -0.2) is 17.0 Å². The van der Waals surface area contributed by atoms with Crippen LogP contribution in [0.1, 0.15) is 6.42 Å². The molecule has 0 aromatic heterocycles. The van der Waals surface area contributed by atoms with Crippen LogP contribution in [0.2, 0.25) is 0 Å². The second-order valence-corrected chi connectivity index (χ2v) is 4.05. The molecule has 1 aliphatic heterocycles. The number of allylic oxidation sites excluding steroid dienone is 1. The van der Waals surface area contributed by atoms with Crippen LogP contribution >= 0.6 is 23.8 Å². The topological polar surface area (TPSA) is 9.23 Å². The zero-order chi connectivity index (χ0) is 9.03. The first kappa shape index (κ1) is 10.1. The summed E-state index contributed by atoms with van der Waals surface area (Å²) < 4.78 is 39.3. The predicted octanol–water partition coefficient (Wildman–Crippen LogP) is 3.19. The summed E-state index contributed by atoms with van der Waals surface area (Å²) in [6.45, 7) is 0. The lowest BCUT2D eigenvalue weighted by atomic mass is 10.4. The van der Waals surface area contributed by atoms with Crippen molar-refractivity contribution in [3.8, 4) is 0 Å². The first-order valence-electron chi connectivity index (χ1n) is 3.27. The molecule has 0 aromatic carbocycles. The number of thioether (sulfide) groups is 1. The Hall–Kier alpha value is 0.0300. The molecule has 70 valence electrons. The molecule has 0 N–H and O–H groups in total. The Bertz CT molecular complexity index is 178. The van der Waals surface area contributed by atoms with Gasteiger partial charge in [0.25, 0.3) is 0 Å². The fourth-order valence-electron chi connectivity index (χ4n) is 0.686. The van der Waals surface area contributed by atoms with Crippen molar-refractivity contribution in [3.63, 3.8) is 0 Å². The highest BCUT2D eigenvalue weighted by Crippen LogP contribution is 2.34. The van der Waals surface area contributed by atoms with Crippen LogP contribution in [0.3, 0.4) is 0 Å². The molecule has 0 spiro atoms. The molecule has 1 nitrogen and oxygen atoms in total. The summed E-state index contributed by atoms with van der Waals surface area (Å²) in [5.41, 5.74) is -4.30. The molecule has 0 radical (unpaired) electrons. The van der Waals surface area contributed by atoms with Crippen LogP contribution in [0.4, 0.5) is 13.2 Å². The van der Waals surface area contributed by atoms with Crippen LogP contribution in [0.5, 0.6) is 0 Å². The van der Waals surface area contributed by atoms with Gasteiger partial charge < -0.3 is 4.18 Å². The molecular formula is C6H7F3OS2. The van der Waals surface area contributed by atoms with E-state index < -0.39 is 17.6 Å². The molecular weight excluding hydrogens is 209 g/mol. The molecule has 0 saturated carbocycles. The fraction of sp³-hybridized carbons (Fsp3) is 0.667. The van der Waals surface area contributed by atoms with Crippen molar-refractivity contribution in [1.82, 2.24) is 0 Å². The van der Waals surface area contributed by atoms with Gasteiger partial charge in [-0.05, 0) is 6.08 Å². The molecule has 0 bridgehead atoms. The van der Waals surface area contributed by atoms with Gasteiger partial charge in [0.15, 0.2) is 12.0 Å². The number of rotatable bonds is 2. The van der Waals surface area contributed by atoms with Gasteiger partial charge in [0, 0.05) is 17.9 Å². The zero-order valence-corrected chi connectivity index (χ0v) is 7.69. The molecule has 0 aliphatic carbocycles. The van der Waals surface area contributed by atoms with Gasteiger partial charge in [-0.25, -0.2) is 0 Å². The fourth-order valence-corrected chi connectivity index (χ4v) is 1.86. The lowest BCUT2D eigenvalue weighted by Gasteiger charge is -2.13.